The van der Waals surface area contributed by atoms with E-state index in [2.05, 4.69) is 24.1 Å². The molecule has 2 aromatic rings. The molecule has 3 rings (SSSR count). The molecule has 0 atom stereocenters. The molecule has 1 aliphatic heterocycles. The van der Waals surface area contributed by atoms with Gasteiger partial charge in [0.15, 0.2) is 0 Å². The van der Waals surface area contributed by atoms with Crippen LogP contribution in [-0.4, -0.2) is 48.7 Å². The van der Waals surface area contributed by atoms with Gasteiger partial charge in [0.05, 0.1) is 12.0 Å². The maximum Gasteiger partial charge on any atom is 0.294 e. The van der Waals surface area contributed by atoms with Crippen molar-refractivity contribution < 1.29 is 19.1 Å². The van der Waals surface area contributed by atoms with Crippen molar-refractivity contribution in [3.63, 3.8) is 0 Å². The number of amides is 3. The molecule has 0 radical (unpaired) electrons. The van der Waals surface area contributed by atoms with Gasteiger partial charge in [0.1, 0.15) is 12.3 Å². The van der Waals surface area contributed by atoms with E-state index in [9.17, 15) is 14.4 Å². The summed E-state index contributed by atoms with van der Waals surface area (Å²) in [4.78, 5) is 41.0. The number of nitrogens with zero attached hydrogens (tertiary/aromatic N) is 2. The average molecular weight is 454 g/mol. The second-order valence-corrected chi connectivity index (χ2v) is 8.27. The van der Waals surface area contributed by atoms with E-state index in [-0.39, 0.29) is 11.4 Å². The van der Waals surface area contributed by atoms with Crippen LogP contribution in [0.1, 0.15) is 25.0 Å². The molecule has 0 spiro atoms. The van der Waals surface area contributed by atoms with E-state index < -0.39 is 17.1 Å². The Morgan fingerprint density at radius 3 is 2.44 bits per heavy atom. The number of nitrogens with one attached hydrogen (secondary N) is 1. The predicted octanol–water partition coefficient (Wildman–Crippen LogP) is 4.52. The molecule has 3 amide bonds. The normalized spacial score (nSPS) is 14.8. The number of hydrogen-bond acceptors (Lipinski definition) is 6. The molecular formula is C24H27N3O4S. The Balaban J connectivity index is 1.74. The molecule has 0 unspecified atom stereocenters. The van der Waals surface area contributed by atoms with Gasteiger partial charge in [-0.05, 0) is 62.9 Å². The van der Waals surface area contributed by atoms with Crippen molar-refractivity contribution >= 4 is 46.3 Å². The molecule has 1 fully saturated rings. The second-order valence-electron chi connectivity index (χ2n) is 7.28. The number of carbonyl (C=O) groups excluding carboxylic acids is 3. The van der Waals surface area contributed by atoms with Crippen LogP contribution in [0.4, 0.5) is 16.2 Å². The summed E-state index contributed by atoms with van der Waals surface area (Å²) in [5.41, 5.74) is 3.39. The maximum absolute atomic E-state index is 12.8. The first kappa shape index (κ1) is 23.4. The molecule has 1 aliphatic rings. The zero-order valence-electron chi connectivity index (χ0n) is 18.7. The van der Waals surface area contributed by atoms with Crippen LogP contribution >= 0.6 is 11.8 Å². The van der Waals surface area contributed by atoms with Crippen LogP contribution in [0.2, 0.25) is 0 Å². The first-order valence-corrected chi connectivity index (χ1v) is 11.2. The standard InChI is InChI=1S/C24H27N3O4S/c1-5-26(6-2)19-12-9-17(20(14-19)31-4)13-21-23(29)27(24(30)32-21)15-22(28)25-18-10-7-16(3)8-11-18/h7-14H,5-6,15H2,1-4H3,(H,25,28). The Morgan fingerprint density at radius 2 is 1.81 bits per heavy atom. The quantitative estimate of drug-likeness (QED) is 0.592. The van der Waals surface area contributed by atoms with Crippen LogP contribution in [0.15, 0.2) is 47.4 Å². The summed E-state index contributed by atoms with van der Waals surface area (Å²) in [7, 11) is 1.57. The average Bonchev–Trinajstić information content (AvgIpc) is 3.04. The monoisotopic (exact) mass is 453 g/mol. The number of methoxy groups -OCH3 is 1. The molecule has 1 N–H and O–H groups in total. The van der Waals surface area contributed by atoms with E-state index in [1.165, 1.54) is 0 Å². The summed E-state index contributed by atoms with van der Waals surface area (Å²) in [6.07, 6.45) is 1.63. The number of ether oxygens (including phenoxy) is 1. The van der Waals surface area contributed by atoms with Gasteiger partial charge in [-0.15, -0.1) is 0 Å². The summed E-state index contributed by atoms with van der Waals surface area (Å²) in [6.45, 7) is 7.49. The maximum atomic E-state index is 12.8. The highest BCUT2D eigenvalue weighted by Crippen LogP contribution is 2.35. The van der Waals surface area contributed by atoms with Crippen molar-refractivity contribution in [3.8, 4) is 5.75 Å². The van der Waals surface area contributed by atoms with E-state index in [0.717, 1.165) is 41.0 Å². The zero-order chi connectivity index (χ0) is 23.3. The van der Waals surface area contributed by atoms with Crippen molar-refractivity contribution in [1.29, 1.82) is 0 Å². The highest BCUT2D eigenvalue weighted by Gasteiger charge is 2.36. The largest absolute Gasteiger partial charge is 0.496 e. The fourth-order valence-corrected chi connectivity index (χ4v) is 4.19. The molecule has 0 aliphatic carbocycles. The van der Waals surface area contributed by atoms with Crippen LogP contribution in [0.3, 0.4) is 0 Å². The SMILES string of the molecule is CCN(CC)c1ccc(C=C2SC(=O)N(CC(=O)Nc3ccc(C)cc3)C2=O)c(OC)c1. The van der Waals surface area contributed by atoms with E-state index in [4.69, 9.17) is 4.74 Å². The van der Waals surface area contributed by atoms with Gasteiger partial charge < -0.3 is 15.0 Å². The third-order valence-corrected chi connectivity index (χ3v) is 6.05. The molecule has 0 aromatic heterocycles. The number of carbonyl (C=O) groups is 3. The summed E-state index contributed by atoms with van der Waals surface area (Å²) in [5, 5.41) is 2.24. The van der Waals surface area contributed by atoms with Gasteiger partial charge in [0, 0.05) is 36.1 Å². The van der Waals surface area contributed by atoms with Crippen LogP contribution in [0, 0.1) is 6.92 Å². The third-order valence-electron chi connectivity index (χ3n) is 5.14. The molecule has 0 bridgehead atoms. The van der Waals surface area contributed by atoms with Crippen molar-refractivity contribution in [2.45, 2.75) is 20.8 Å². The summed E-state index contributed by atoms with van der Waals surface area (Å²) in [5.74, 6) is -0.314. The van der Waals surface area contributed by atoms with Crippen LogP contribution in [0.25, 0.3) is 6.08 Å². The molecule has 1 heterocycles. The topological polar surface area (TPSA) is 79.0 Å². The van der Waals surface area contributed by atoms with Crippen molar-refractivity contribution in [1.82, 2.24) is 4.90 Å². The van der Waals surface area contributed by atoms with Crippen molar-refractivity contribution in [2.75, 3.05) is 37.0 Å². The first-order valence-electron chi connectivity index (χ1n) is 10.4. The van der Waals surface area contributed by atoms with Crippen LogP contribution < -0.4 is 15.0 Å². The highest BCUT2D eigenvalue weighted by atomic mass is 32.2. The summed E-state index contributed by atoms with van der Waals surface area (Å²) >= 11 is 0.818. The number of anilines is 2. The first-order chi connectivity index (χ1) is 15.4. The molecule has 8 heteroatoms. The van der Waals surface area contributed by atoms with E-state index >= 15 is 0 Å². The van der Waals surface area contributed by atoms with Gasteiger partial charge in [-0.25, -0.2) is 0 Å². The minimum Gasteiger partial charge on any atom is -0.496 e. The lowest BCUT2D eigenvalue weighted by atomic mass is 10.1. The molecule has 32 heavy (non-hydrogen) atoms. The number of benzene rings is 2. The second kappa shape index (κ2) is 10.4. The van der Waals surface area contributed by atoms with Gasteiger partial charge in [-0.3, -0.25) is 19.3 Å². The Hall–Kier alpha value is -3.26. The lowest BCUT2D eigenvalue weighted by molar-refractivity contribution is -0.127. The van der Waals surface area contributed by atoms with Crippen LogP contribution in [0.5, 0.6) is 5.75 Å². The lowest BCUT2D eigenvalue weighted by Gasteiger charge is -2.22. The number of rotatable bonds is 8. The zero-order valence-corrected chi connectivity index (χ0v) is 19.5. The summed E-state index contributed by atoms with van der Waals surface area (Å²) in [6, 6.07) is 13.0. The van der Waals surface area contributed by atoms with Gasteiger partial charge in [0.2, 0.25) is 5.91 Å². The Kier molecular flexibility index (Phi) is 7.58. The molecule has 7 nitrogen and oxygen atoms in total. The smallest absolute Gasteiger partial charge is 0.294 e. The van der Waals surface area contributed by atoms with Crippen molar-refractivity contribution in [2.24, 2.45) is 0 Å². The van der Waals surface area contributed by atoms with E-state index in [1.807, 2.05) is 37.3 Å². The highest BCUT2D eigenvalue weighted by molar-refractivity contribution is 8.18. The molecule has 1 saturated heterocycles. The van der Waals surface area contributed by atoms with Gasteiger partial charge in [-0.1, -0.05) is 17.7 Å². The van der Waals surface area contributed by atoms with Crippen molar-refractivity contribution in [3.05, 3.63) is 58.5 Å². The van der Waals surface area contributed by atoms with E-state index in [1.54, 1.807) is 25.3 Å². The van der Waals surface area contributed by atoms with Crippen LogP contribution in [-0.2, 0) is 9.59 Å². The fraction of sp³-hybridized carbons (Fsp3) is 0.292. The molecule has 0 saturated carbocycles. The van der Waals surface area contributed by atoms with Gasteiger partial charge in [0.25, 0.3) is 11.1 Å². The lowest BCUT2D eigenvalue weighted by Crippen LogP contribution is -2.36. The predicted molar refractivity (Wildman–Crippen MR) is 129 cm³/mol. The fourth-order valence-electron chi connectivity index (χ4n) is 3.36. The van der Waals surface area contributed by atoms with Gasteiger partial charge >= 0.3 is 0 Å². The minimum atomic E-state index is -0.492. The number of imide groups is 1. The minimum absolute atomic E-state index is 0.257. The summed E-state index contributed by atoms with van der Waals surface area (Å²) < 4.78 is 5.51. The molecule has 168 valence electrons. The Bertz CT molecular complexity index is 1050. The Morgan fingerprint density at radius 1 is 1.12 bits per heavy atom. The number of thioether (sulfide) groups is 1. The van der Waals surface area contributed by atoms with Gasteiger partial charge in [-0.2, -0.15) is 0 Å². The number of aryl methyl sites for hydroxylation is 1. The third kappa shape index (κ3) is 5.31. The number of hydrogen-bond donors (Lipinski definition) is 1. The molecular weight excluding hydrogens is 426 g/mol. The molecule has 2 aromatic carbocycles. The van der Waals surface area contributed by atoms with E-state index in [0.29, 0.717) is 17.0 Å². The Labute approximate surface area is 192 Å².